The lowest BCUT2D eigenvalue weighted by atomic mass is 10.1. The Labute approximate surface area is 201 Å². The van der Waals surface area contributed by atoms with E-state index in [4.69, 9.17) is 4.74 Å². The van der Waals surface area contributed by atoms with Gasteiger partial charge in [0.25, 0.3) is 5.69 Å². The summed E-state index contributed by atoms with van der Waals surface area (Å²) in [7, 11) is 1.58. The highest BCUT2D eigenvalue weighted by Crippen LogP contribution is 2.17. The number of Topliss-reactive ketones (excluding diaryl/α,β-unsaturated/α-hetero) is 1. The molecule has 35 heavy (non-hydrogen) atoms. The summed E-state index contributed by atoms with van der Waals surface area (Å²) in [6, 6.07) is 16.1. The van der Waals surface area contributed by atoms with Crippen LogP contribution in [0.3, 0.4) is 0 Å². The van der Waals surface area contributed by atoms with Crippen molar-refractivity contribution in [2.45, 2.75) is 0 Å². The van der Waals surface area contributed by atoms with Crippen molar-refractivity contribution in [2.24, 2.45) is 0 Å². The summed E-state index contributed by atoms with van der Waals surface area (Å²) in [6.07, 6.45) is 13.8. The van der Waals surface area contributed by atoms with E-state index in [1.54, 1.807) is 65.3 Å². The second-order valence-electron chi connectivity index (χ2n) is 7.59. The fourth-order valence-electron chi connectivity index (χ4n) is 3.36. The number of carbonyl (C=O) groups excluding carboxylic acids is 1. The Balaban J connectivity index is 1.47. The van der Waals surface area contributed by atoms with Gasteiger partial charge in [0.15, 0.2) is 12.4 Å². The van der Waals surface area contributed by atoms with E-state index in [9.17, 15) is 20.0 Å². The molecule has 0 radical (unpaired) electrons. The van der Waals surface area contributed by atoms with Gasteiger partial charge in [-0.1, -0.05) is 17.9 Å². The predicted molar refractivity (Wildman–Crippen MR) is 128 cm³/mol. The van der Waals surface area contributed by atoms with Gasteiger partial charge < -0.3 is 14.7 Å². The molecule has 174 valence electrons. The summed E-state index contributed by atoms with van der Waals surface area (Å²) < 4.78 is 6.74. The van der Waals surface area contributed by atoms with Crippen LogP contribution in [0.25, 0.3) is 11.3 Å². The first-order valence-corrected chi connectivity index (χ1v) is 10.6. The molecule has 0 aliphatic carbocycles. The number of nitro groups is 1. The van der Waals surface area contributed by atoms with Crippen LogP contribution >= 0.6 is 0 Å². The van der Waals surface area contributed by atoms with Gasteiger partial charge in [0.2, 0.25) is 12.0 Å². The van der Waals surface area contributed by atoms with Gasteiger partial charge in [-0.3, -0.25) is 14.9 Å². The number of hydrogen-bond acceptors (Lipinski definition) is 6. The van der Waals surface area contributed by atoms with Crippen LogP contribution in [0.15, 0.2) is 104 Å². The second-order valence-corrected chi connectivity index (χ2v) is 7.59. The zero-order valence-electron chi connectivity index (χ0n) is 18.8. The molecule has 0 saturated carbocycles. The van der Waals surface area contributed by atoms with Crippen molar-refractivity contribution in [1.82, 2.24) is 4.90 Å². The zero-order valence-corrected chi connectivity index (χ0v) is 18.8. The van der Waals surface area contributed by atoms with E-state index in [2.05, 4.69) is 0 Å². The van der Waals surface area contributed by atoms with Crippen LogP contribution in [-0.4, -0.2) is 22.7 Å². The molecular formula is C27H21N3O5. The van der Waals surface area contributed by atoms with Crippen LogP contribution in [0.1, 0.15) is 15.9 Å². The first-order valence-electron chi connectivity index (χ1n) is 10.6. The van der Waals surface area contributed by atoms with Gasteiger partial charge in [0.05, 0.1) is 12.0 Å². The molecule has 0 bridgehead atoms. The number of methoxy groups -OCH3 is 1. The molecule has 0 atom stereocenters. The Morgan fingerprint density at radius 2 is 1.54 bits per heavy atom. The van der Waals surface area contributed by atoms with E-state index < -0.39 is 4.92 Å². The summed E-state index contributed by atoms with van der Waals surface area (Å²) in [4.78, 5) is 24.4. The zero-order chi connectivity index (χ0) is 24.8. The van der Waals surface area contributed by atoms with Crippen LogP contribution in [0, 0.1) is 16.3 Å². The summed E-state index contributed by atoms with van der Waals surface area (Å²) in [6.45, 7) is 0. The Hall–Kier alpha value is -4.98. The maximum atomic E-state index is 12.5. The van der Waals surface area contributed by atoms with Gasteiger partial charge in [0.1, 0.15) is 5.75 Å². The first kappa shape index (κ1) is 23.2. The van der Waals surface area contributed by atoms with Crippen LogP contribution in [0.2, 0.25) is 0 Å². The van der Waals surface area contributed by atoms with E-state index >= 15 is 0 Å². The van der Waals surface area contributed by atoms with Crippen LogP contribution in [0.4, 0.5) is 5.69 Å². The highest BCUT2D eigenvalue weighted by atomic mass is 16.6. The van der Waals surface area contributed by atoms with E-state index in [1.807, 2.05) is 24.3 Å². The largest absolute Gasteiger partial charge is 0.871 e. The minimum Gasteiger partial charge on any atom is -0.871 e. The SMILES string of the molecule is COc1ccc(/C([O-])=C/N2C=CC(=c3cc[n+](=CC(=O)c4ccc([N+](=O)[O-])cc4)cc3)C=C2)cc1. The van der Waals surface area contributed by atoms with Crippen molar-refractivity contribution in [3.63, 3.8) is 0 Å². The van der Waals surface area contributed by atoms with Crippen molar-refractivity contribution in [3.05, 3.63) is 136 Å². The van der Waals surface area contributed by atoms with Gasteiger partial charge in [0, 0.05) is 48.4 Å². The smallest absolute Gasteiger partial charge is 0.269 e. The molecule has 0 N–H and O–H groups in total. The van der Waals surface area contributed by atoms with Gasteiger partial charge in [-0.05, 0) is 52.8 Å². The fraction of sp³-hybridized carbons (Fsp3) is 0.0370. The van der Waals surface area contributed by atoms with Crippen molar-refractivity contribution in [3.8, 4) is 5.75 Å². The Morgan fingerprint density at radius 1 is 0.943 bits per heavy atom. The van der Waals surface area contributed by atoms with E-state index in [0.29, 0.717) is 16.9 Å². The molecular weight excluding hydrogens is 446 g/mol. The average molecular weight is 467 g/mol. The number of aromatic nitrogens is 1. The molecule has 0 unspecified atom stereocenters. The molecule has 0 amide bonds. The molecule has 1 aliphatic heterocycles. The number of rotatable bonds is 6. The molecule has 8 nitrogen and oxygen atoms in total. The fourth-order valence-corrected chi connectivity index (χ4v) is 3.36. The third kappa shape index (κ3) is 5.69. The van der Waals surface area contributed by atoms with Crippen LogP contribution < -0.4 is 19.3 Å². The number of ether oxygens (including phenoxy) is 1. The lowest BCUT2D eigenvalue weighted by Gasteiger charge is -2.20. The molecule has 8 heteroatoms. The number of nitro benzene ring substituents is 1. The van der Waals surface area contributed by atoms with Crippen molar-refractivity contribution in [2.75, 3.05) is 7.11 Å². The molecule has 0 spiro atoms. The lowest BCUT2D eigenvalue weighted by molar-refractivity contribution is -0.505. The minimum atomic E-state index is -0.507. The van der Waals surface area contributed by atoms with Gasteiger partial charge >= 0.3 is 0 Å². The molecule has 0 fully saturated rings. The summed E-state index contributed by atoms with van der Waals surface area (Å²) >= 11 is 0. The lowest BCUT2D eigenvalue weighted by Crippen LogP contribution is -2.22. The van der Waals surface area contributed by atoms with E-state index in [1.165, 1.54) is 36.7 Å². The van der Waals surface area contributed by atoms with Crippen LogP contribution in [0.5, 0.6) is 5.75 Å². The first-order chi connectivity index (χ1) is 16.9. The summed E-state index contributed by atoms with van der Waals surface area (Å²) in [5.74, 6) is 0.297. The predicted octanol–water partition coefficient (Wildman–Crippen LogP) is 2.64. The quantitative estimate of drug-likeness (QED) is 0.182. The molecule has 2 aromatic carbocycles. The number of hydrogen-bond donors (Lipinski definition) is 0. The standard InChI is InChI=1S/C27H21N3O5/c1-35-25-8-4-23(5-9-25)27(32)19-29-16-12-21(13-17-29)20-10-14-28(15-11-20)18-26(31)22-2-6-24(7-3-22)30(33)34/h2-19H,1H3/b27-19-. The molecule has 4 rings (SSSR count). The molecule has 1 aromatic heterocycles. The highest BCUT2D eigenvalue weighted by molar-refractivity contribution is 6.00. The number of ketones is 1. The van der Waals surface area contributed by atoms with E-state index in [0.717, 1.165) is 10.8 Å². The van der Waals surface area contributed by atoms with Gasteiger partial charge in [-0.2, -0.15) is 4.24 Å². The number of carbonyl (C=O) groups is 1. The third-order valence-corrected chi connectivity index (χ3v) is 5.31. The Bertz CT molecular complexity index is 1430. The number of benzene rings is 2. The number of allylic oxidation sites excluding steroid dienone is 2. The van der Waals surface area contributed by atoms with Crippen molar-refractivity contribution in [1.29, 1.82) is 0 Å². The molecule has 3 aromatic rings. The Morgan fingerprint density at radius 3 is 2.11 bits per heavy atom. The summed E-state index contributed by atoms with van der Waals surface area (Å²) in [5, 5.41) is 24.2. The minimum absolute atomic E-state index is 0.0644. The van der Waals surface area contributed by atoms with Crippen molar-refractivity contribution < 1.29 is 23.8 Å². The number of pyridine rings is 1. The average Bonchev–Trinajstić information content (AvgIpc) is 2.89. The number of non-ortho nitro benzene ring substituents is 1. The normalized spacial score (nSPS) is 13.0. The van der Waals surface area contributed by atoms with Crippen molar-refractivity contribution >= 4 is 22.8 Å². The highest BCUT2D eigenvalue weighted by Gasteiger charge is 2.10. The van der Waals surface area contributed by atoms with Gasteiger partial charge in [-0.15, -0.1) is 0 Å². The molecule has 0 saturated heterocycles. The maximum absolute atomic E-state index is 12.5. The number of nitrogens with zero attached hydrogens (tertiary/aromatic N) is 3. The second kappa shape index (κ2) is 10.3. The Kier molecular flexibility index (Phi) is 6.83. The molecule has 1 aliphatic rings. The molecule has 2 heterocycles. The topological polar surface area (TPSA) is 102 Å². The third-order valence-electron chi connectivity index (χ3n) is 5.31. The van der Waals surface area contributed by atoms with Crippen LogP contribution in [-0.2, 0) is 0 Å². The van der Waals surface area contributed by atoms with E-state index in [-0.39, 0.29) is 17.2 Å². The van der Waals surface area contributed by atoms with Gasteiger partial charge in [-0.25, -0.2) is 0 Å². The monoisotopic (exact) mass is 467 g/mol. The maximum Gasteiger partial charge on any atom is 0.269 e. The summed E-state index contributed by atoms with van der Waals surface area (Å²) in [5.41, 5.74) is 1.81.